The van der Waals surface area contributed by atoms with Crippen LogP contribution in [0.4, 0.5) is 5.82 Å². The maximum Gasteiger partial charge on any atom is 0.140 e. The zero-order valence-electron chi connectivity index (χ0n) is 14.0. The number of unbranched alkanes of at least 4 members (excludes halogenated alkanes) is 2. The van der Waals surface area contributed by atoms with E-state index in [4.69, 9.17) is 15.8 Å². The number of aliphatic hydroxyl groups excluding tert-OH is 1. The average Bonchev–Trinajstić information content (AvgIpc) is 2.58. The van der Waals surface area contributed by atoms with Crippen LogP contribution in [0.5, 0.6) is 0 Å². The van der Waals surface area contributed by atoms with Gasteiger partial charge < -0.3 is 15.7 Å². The number of hydrogen-bond donors (Lipinski definition) is 2. The number of anilines is 1. The van der Waals surface area contributed by atoms with E-state index >= 15 is 0 Å². The Bertz CT molecular complexity index is 603. The lowest BCUT2D eigenvalue weighted by molar-refractivity contribution is 0.285. The van der Waals surface area contributed by atoms with Crippen LogP contribution >= 0.6 is 0 Å². The molecule has 126 valence electrons. The van der Waals surface area contributed by atoms with Crippen molar-refractivity contribution in [2.24, 2.45) is 5.73 Å². The van der Waals surface area contributed by atoms with E-state index < -0.39 is 0 Å². The summed E-state index contributed by atoms with van der Waals surface area (Å²) in [6.45, 7) is 4.88. The third-order valence-electron chi connectivity index (χ3n) is 3.91. The molecular formula is C18H28N4O. The maximum absolute atomic E-state index is 9.05. The van der Waals surface area contributed by atoms with Gasteiger partial charge in [0.2, 0.25) is 0 Å². The Labute approximate surface area is 138 Å². The summed E-state index contributed by atoms with van der Waals surface area (Å²) in [4.78, 5) is 11.8. The first-order valence-corrected chi connectivity index (χ1v) is 8.61. The van der Waals surface area contributed by atoms with Crippen molar-refractivity contribution < 1.29 is 5.11 Å². The van der Waals surface area contributed by atoms with Crippen LogP contribution in [0.25, 0.3) is 10.9 Å². The number of hydrogen-bond acceptors (Lipinski definition) is 5. The van der Waals surface area contributed by atoms with E-state index in [0.29, 0.717) is 13.0 Å². The standard InChI is InChI=1S/C18H28N4O/c1-2-3-12-22(13-6-7-14-23)18-15-8-4-5-9-16(15)20-17(21-18)10-11-19/h4-5,8-9,23H,2-3,6-7,10-14,19H2,1H3. The summed E-state index contributed by atoms with van der Waals surface area (Å²) in [7, 11) is 0. The molecule has 23 heavy (non-hydrogen) atoms. The van der Waals surface area contributed by atoms with Crippen molar-refractivity contribution in [2.45, 2.75) is 39.0 Å². The first-order chi connectivity index (χ1) is 11.3. The van der Waals surface area contributed by atoms with Crippen LogP contribution in [-0.2, 0) is 6.42 Å². The second kappa shape index (κ2) is 9.43. The van der Waals surface area contributed by atoms with E-state index in [1.165, 1.54) is 0 Å². The minimum atomic E-state index is 0.241. The summed E-state index contributed by atoms with van der Waals surface area (Å²) in [6, 6.07) is 8.16. The highest BCUT2D eigenvalue weighted by molar-refractivity contribution is 5.89. The van der Waals surface area contributed by atoms with Gasteiger partial charge in [-0.3, -0.25) is 0 Å². The summed E-state index contributed by atoms with van der Waals surface area (Å²) in [5, 5.41) is 10.1. The normalized spacial score (nSPS) is 11.1. The van der Waals surface area contributed by atoms with Gasteiger partial charge in [0.05, 0.1) is 5.52 Å². The minimum absolute atomic E-state index is 0.241. The van der Waals surface area contributed by atoms with E-state index in [1.807, 2.05) is 18.2 Å². The van der Waals surface area contributed by atoms with Crippen LogP contribution in [0.1, 0.15) is 38.4 Å². The van der Waals surface area contributed by atoms with Gasteiger partial charge in [0.1, 0.15) is 11.6 Å². The summed E-state index contributed by atoms with van der Waals surface area (Å²) >= 11 is 0. The van der Waals surface area contributed by atoms with Crippen molar-refractivity contribution in [2.75, 3.05) is 31.1 Å². The van der Waals surface area contributed by atoms with Crippen LogP contribution < -0.4 is 10.6 Å². The molecule has 5 nitrogen and oxygen atoms in total. The van der Waals surface area contributed by atoms with Crippen molar-refractivity contribution in [1.82, 2.24) is 9.97 Å². The third-order valence-corrected chi connectivity index (χ3v) is 3.91. The molecule has 0 amide bonds. The number of benzene rings is 1. The first-order valence-electron chi connectivity index (χ1n) is 8.61. The summed E-state index contributed by atoms with van der Waals surface area (Å²) in [6.07, 6.45) is 4.75. The molecule has 0 atom stereocenters. The zero-order chi connectivity index (χ0) is 16.5. The van der Waals surface area contributed by atoms with Gasteiger partial charge in [0.25, 0.3) is 0 Å². The molecule has 1 heterocycles. The molecule has 2 aromatic rings. The molecule has 2 rings (SSSR count). The SMILES string of the molecule is CCCCN(CCCCO)c1nc(CCN)nc2ccccc12. The molecule has 0 aliphatic heterocycles. The summed E-state index contributed by atoms with van der Waals surface area (Å²) in [5.74, 6) is 1.82. The molecule has 0 saturated carbocycles. The molecule has 0 fully saturated rings. The van der Waals surface area contributed by atoms with Crippen LogP contribution in [0, 0.1) is 0 Å². The molecule has 0 radical (unpaired) electrons. The van der Waals surface area contributed by atoms with Crippen molar-refractivity contribution in [3.63, 3.8) is 0 Å². The number of aliphatic hydroxyl groups is 1. The second-order valence-electron chi connectivity index (χ2n) is 5.79. The number of nitrogens with zero attached hydrogens (tertiary/aromatic N) is 3. The Morgan fingerprint density at radius 2 is 1.87 bits per heavy atom. The highest BCUT2D eigenvalue weighted by atomic mass is 16.2. The Morgan fingerprint density at radius 1 is 1.09 bits per heavy atom. The molecule has 0 spiro atoms. The molecule has 0 bridgehead atoms. The molecule has 1 aromatic carbocycles. The second-order valence-corrected chi connectivity index (χ2v) is 5.79. The average molecular weight is 316 g/mol. The number of aromatic nitrogens is 2. The monoisotopic (exact) mass is 316 g/mol. The largest absolute Gasteiger partial charge is 0.396 e. The number of nitrogens with two attached hydrogens (primary N) is 1. The Kier molecular flexibility index (Phi) is 7.23. The fraction of sp³-hybridized carbons (Fsp3) is 0.556. The van der Waals surface area contributed by atoms with E-state index in [-0.39, 0.29) is 6.61 Å². The van der Waals surface area contributed by atoms with Gasteiger partial charge in [-0.15, -0.1) is 0 Å². The van der Waals surface area contributed by atoms with Crippen LogP contribution in [0.15, 0.2) is 24.3 Å². The van der Waals surface area contributed by atoms with Gasteiger partial charge in [-0.25, -0.2) is 9.97 Å². The fourth-order valence-corrected chi connectivity index (χ4v) is 2.68. The Hall–Kier alpha value is -1.72. The molecule has 0 saturated heterocycles. The highest BCUT2D eigenvalue weighted by Gasteiger charge is 2.14. The lowest BCUT2D eigenvalue weighted by atomic mass is 10.2. The summed E-state index contributed by atoms with van der Waals surface area (Å²) in [5.41, 5.74) is 6.66. The topological polar surface area (TPSA) is 75.3 Å². The van der Waals surface area contributed by atoms with Gasteiger partial charge in [-0.2, -0.15) is 0 Å². The highest BCUT2D eigenvalue weighted by Crippen LogP contribution is 2.24. The van der Waals surface area contributed by atoms with Gasteiger partial charge >= 0.3 is 0 Å². The smallest absolute Gasteiger partial charge is 0.140 e. The van der Waals surface area contributed by atoms with Crippen LogP contribution in [0.3, 0.4) is 0 Å². The zero-order valence-corrected chi connectivity index (χ0v) is 14.0. The van der Waals surface area contributed by atoms with Crippen LogP contribution in [0.2, 0.25) is 0 Å². The van der Waals surface area contributed by atoms with Gasteiger partial charge in [-0.05, 0) is 37.9 Å². The van der Waals surface area contributed by atoms with Crippen LogP contribution in [-0.4, -0.2) is 41.3 Å². The third kappa shape index (κ3) is 4.88. The van der Waals surface area contributed by atoms with E-state index in [9.17, 15) is 0 Å². The molecule has 0 aliphatic carbocycles. The quantitative estimate of drug-likeness (QED) is 0.659. The molecular weight excluding hydrogens is 288 g/mol. The predicted octanol–water partition coefficient (Wildman–Crippen LogP) is 2.51. The van der Waals surface area contributed by atoms with E-state index in [0.717, 1.165) is 61.3 Å². The van der Waals surface area contributed by atoms with Crippen molar-refractivity contribution in [3.05, 3.63) is 30.1 Å². The molecule has 3 N–H and O–H groups in total. The molecule has 0 aliphatic rings. The molecule has 0 unspecified atom stereocenters. The molecule has 1 aromatic heterocycles. The van der Waals surface area contributed by atoms with Gasteiger partial charge in [0.15, 0.2) is 0 Å². The summed E-state index contributed by atoms with van der Waals surface area (Å²) < 4.78 is 0. The number of rotatable bonds is 10. The Balaban J connectivity index is 2.37. The maximum atomic E-state index is 9.05. The van der Waals surface area contributed by atoms with Crippen molar-refractivity contribution >= 4 is 16.7 Å². The number of para-hydroxylation sites is 1. The predicted molar refractivity (Wildman–Crippen MR) is 95.7 cm³/mol. The first kappa shape index (κ1) is 17.6. The Morgan fingerprint density at radius 3 is 2.61 bits per heavy atom. The van der Waals surface area contributed by atoms with Gasteiger partial charge in [0, 0.05) is 31.5 Å². The lowest BCUT2D eigenvalue weighted by Crippen LogP contribution is -2.27. The number of fused-ring (bicyclic) bond motifs is 1. The van der Waals surface area contributed by atoms with Crippen molar-refractivity contribution in [3.8, 4) is 0 Å². The fourth-order valence-electron chi connectivity index (χ4n) is 2.68. The van der Waals surface area contributed by atoms with Crippen molar-refractivity contribution in [1.29, 1.82) is 0 Å². The minimum Gasteiger partial charge on any atom is -0.396 e. The van der Waals surface area contributed by atoms with E-state index in [1.54, 1.807) is 0 Å². The molecule has 5 heteroatoms. The van der Waals surface area contributed by atoms with E-state index in [2.05, 4.69) is 22.9 Å². The van der Waals surface area contributed by atoms with Gasteiger partial charge in [-0.1, -0.05) is 25.5 Å². The lowest BCUT2D eigenvalue weighted by Gasteiger charge is -2.25.